The Labute approximate surface area is 256 Å². The number of aromatic carboxylic acids is 1. The van der Waals surface area contributed by atoms with Crippen LogP contribution in [-0.4, -0.2) is 55.1 Å². The number of fused-ring (bicyclic) bond motifs is 1. The van der Waals surface area contributed by atoms with Crippen molar-refractivity contribution in [1.82, 2.24) is 19.4 Å². The summed E-state index contributed by atoms with van der Waals surface area (Å²) in [5.74, 6) is 3.07. The fourth-order valence-electron chi connectivity index (χ4n) is 4.87. The van der Waals surface area contributed by atoms with E-state index in [1.165, 1.54) is 24.0 Å². The van der Waals surface area contributed by atoms with Crippen LogP contribution in [0.15, 0.2) is 54.6 Å². The van der Waals surface area contributed by atoms with Gasteiger partial charge in [0.05, 0.1) is 34.8 Å². The number of nitrogens with zero attached hydrogens (tertiary/aromatic N) is 5. The molecule has 0 saturated carbocycles. The molecule has 2 aromatic heterocycles. The van der Waals surface area contributed by atoms with Gasteiger partial charge in [-0.2, -0.15) is 17.0 Å². The molecule has 2 aliphatic rings. The molecule has 4 aromatic rings. The van der Waals surface area contributed by atoms with E-state index in [1.54, 1.807) is 36.4 Å². The highest BCUT2D eigenvalue weighted by atomic mass is 32.2. The summed E-state index contributed by atoms with van der Waals surface area (Å²) < 4.78 is 21.9. The monoisotopic (exact) mass is 603 g/mol. The molecule has 0 bridgehead atoms. The Balaban J connectivity index is 0.000000640. The Hall–Kier alpha value is -3.94. The summed E-state index contributed by atoms with van der Waals surface area (Å²) in [5.41, 5.74) is 3.47. The standard InChI is InChI=1S/C28H26FN5O3.C3H6S.C2H6/c1-33-25-14-20(28(35)36)7-8-24(25)31-26(33)16-34-11-9-19(10-12-34)23-3-2-4-27(32-23)37-17-21-6-5-18(15-30)13-22(21)29;1-2-4-3-1;1-2/h2-8,13-14,19H,9-12,16-17H2,1H3,(H,35,36);1-3H2;1-2H3. The van der Waals surface area contributed by atoms with Gasteiger partial charge in [-0.1, -0.05) is 26.0 Å². The number of likely N-dealkylation sites (tertiary alicyclic amines) is 1. The Morgan fingerprint density at radius 3 is 2.47 bits per heavy atom. The van der Waals surface area contributed by atoms with E-state index >= 15 is 0 Å². The third-order valence-electron chi connectivity index (χ3n) is 7.47. The molecule has 0 amide bonds. The topological polar surface area (TPSA) is 104 Å². The Morgan fingerprint density at radius 1 is 1.12 bits per heavy atom. The number of pyridine rings is 1. The second kappa shape index (κ2) is 15.5. The summed E-state index contributed by atoms with van der Waals surface area (Å²) in [5, 5.41) is 18.2. The molecule has 0 radical (unpaired) electrons. The van der Waals surface area contributed by atoms with Crippen molar-refractivity contribution in [3.63, 3.8) is 0 Å². The number of nitriles is 1. The third kappa shape index (κ3) is 8.33. The van der Waals surface area contributed by atoms with Crippen LogP contribution in [0.3, 0.4) is 0 Å². The second-order valence-electron chi connectivity index (χ2n) is 10.2. The maximum atomic E-state index is 14.2. The molecule has 0 atom stereocenters. The number of piperidine rings is 1. The third-order valence-corrected chi connectivity index (χ3v) is 8.63. The van der Waals surface area contributed by atoms with Crippen molar-refractivity contribution in [3.05, 3.63) is 88.6 Å². The first-order chi connectivity index (χ1) is 20.9. The minimum absolute atomic E-state index is 0.0401. The first-order valence-electron chi connectivity index (χ1n) is 14.7. The predicted octanol–water partition coefficient (Wildman–Crippen LogP) is 6.79. The molecule has 0 unspecified atom stereocenters. The molecule has 8 nitrogen and oxygen atoms in total. The van der Waals surface area contributed by atoms with Gasteiger partial charge in [-0.15, -0.1) is 0 Å². The molecule has 43 heavy (non-hydrogen) atoms. The molecular formula is C33H38FN5O3S. The average Bonchev–Trinajstić information content (AvgIpc) is 3.31. The molecular weight excluding hydrogens is 565 g/mol. The van der Waals surface area contributed by atoms with Crippen LogP contribution in [0, 0.1) is 17.1 Å². The lowest BCUT2D eigenvalue weighted by Gasteiger charge is -2.31. The van der Waals surface area contributed by atoms with Gasteiger partial charge >= 0.3 is 5.97 Å². The van der Waals surface area contributed by atoms with Gasteiger partial charge in [0.2, 0.25) is 5.88 Å². The van der Waals surface area contributed by atoms with E-state index in [1.807, 2.05) is 55.4 Å². The van der Waals surface area contributed by atoms with Crippen molar-refractivity contribution in [2.24, 2.45) is 7.05 Å². The highest BCUT2D eigenvalue weighted by Gasteiger charge is 2.23. The molecule has 2 aliphatic heterocycles. The number of rotatable bonds is 7. The molecule has 0 aliphatic carbocycles. The number of imidazole rings is 1. The minimum atomic E-state index is -0.948. The van der Waals surface area contributed by atoms with Crippen LogP contribution >= 0.6 is 11.8 Å². The van der Waals surface area contributed by atoms with E-state index in [-0.39, 0.29) is 17.7 Å². The van der Waals surface area contributed by atoms with Gasteiger partial charge < -0.3 is 14.4 Å². The molecule has 1 N–H and O–H groups in total. The van der Waals surface area contributed by atoms with E-state index in [4.69, 9.17) is 15.0 Å². The fraction of sp³-hybridized carbons (Fsp3) is 0.394. The Kier molecular flexibility index (Phi) is 11.5. The SMILES string of the molecule is C1CSC1.CC.Cn1c(CN2CCC(c3cccc(OCc4ccc(C#N)cc4F)n3)CC2)nc2ccc(C(=O)O)cc21. The predicted molar refractivity (Wildman–Crippen MR) is 168 cm³/mol. The number of ether oxygens (including phenoxy) is 1. The molecule has 226 valence electrons. The largest absolute Gasteiger partial charge is 0.478 e. The van der Waals surface area contributed by atoms with Gasteiger partial charge in [0.15, 0.2) is 0 Å². The maximum Gasteiger partial charge on any atom is 0.335 e. The number of halogens is 1. The van der Waals surface area contributed by atoms with Crippen molar-refractivity contribution in [3.8, 4) is 11.9 Å². The van der Waals surface area contributed by atoms with Gasteiger partial charge in [0.1, 0.15) is 18.2 Å². The molecule has 10 heteroatoms. The van der Waals surface area contributed by atoms with Crippen LogP contribution in [0.4, 0.5) is 4.39 Å². The zero-order valence-electron chi connectivity index (χ0n) is 24.9. The molecule has 2 aromatic carbocycles. The van der Waals surface area contributed by atoms with Gasteiger partial charge in [-0.05, 0) is 80.3 Å². The molecule has 4 heterocycles. The number of carboxylic acids is 1. The molecule has 0 spiro atoms. The highest BCUT2D eigenvalue weighted by molar-refractivity contribution is 8.00. The van der Waals surface area contributed by atoms with Gasteiger partial charge in [0.25, 0.3) is 0 Å². The fourth-order valence-corrected chi connectivity index (χ4v) is 5.16. The number of hydrogen-bond donors (Lipinski definition) is 1. The quantitative estimate of drug-likeness (QED) is 0.246. The summed E-state index contributed by atoms with van der Waals surface area (Å²) >= 11 is 2.04. The molecule has 6 rings (SSSR count). The van der Waals surface area contributed by atoms with E-state index in [2.05, 4.69) is 9.88 Å². The van der Waals surface area contributed by atoms with Crippen LogP contribution in [0.25, 0.3) is 11.0 Å². The summed E-state index contributed by atoms with van der Waals surface area (Å²) in [6, 6.07) is 16.9. The maximum absolute atomic E-state index is 14.2. The van der Waals surface area contributed by atoms with Gasteiger partial charge in [-0.25, -0.2) is 19.2 Å². The lowest BCUT2D eigenvalue weighted by Crippen LogP contribution is -2.33. The van der Waals surface area contributed by atoms with Gasteiger partial charge in [0, 0.05) is 30.3 Å². The number of carboxylic acid groups (broad SMARTS) is 1. The van der Waals surface area contributed by atoms with Crippen LogP contribution in [0.1, 0.15) is 72.0 Å². The van der Waals surface area contributed by atoms with Crippen molar-refractivity contribution in [1.29, 1.82) is 5.26 Å². The normalized spacial score (nSPS) is 14.9. The van der Waals surface area contributed by atoms with E-state index in [0.717, 1.165) is 48.5 Å². The van der Waals surface area contributed by atoms with E-state index in [9.17, 15) is 14.3 Å². The first-order valence-corrected chi connectivity index (χ1v) is 15.8. The summed E-state index contributed by atoms with van der Waals surface area (Å²) in [4.78, 5) is 23.0. The lowest BCUT2D eigenvalue weighted by atomic mass is 9.93. The van der Waals surface area contributed by atoms with Crippen LogP contribution < -0.4 is 4.74 Å². The number of hydrogen-bond acceptors (Lipinski definition) is 7. The zero-order chi connectivity index (χ0) is 30.8. The molecule has 2 saturated heterocycles. The molecule has 2 fully saturated rings. The number of thioether (sulfide) groups is 1. The average molecular weight is 604 g/mol. The van der Waals surface area contributed by atoms with Crippen LogP contribution in [-0.2, 0) is 20.2 Å². The summed E-state index contributed by atoms with van der Waals surface area (Å²) in [6.07, 6.45) is 3.34. The summed E-state index contributed by atoms with van der Waals surface area (Å²) in [7, 11) is 1.92. The van der Waals surface area contributed by atoms with Gasteiger partial charge in [-0.3, -0.25) is 4.90 Å². The van der Waals surface area contributed by atoms with Crippen LogP contribution in [0.5, 0.6) is 5.88 Å². The second-order valence-corrected chi connectivity index (χ2v) is 11.4. The number of benzene rings is 2. The zero-order valence-corrected chi connectivity index (χ0v) is 25.7. The Bertz CT molecular complexity index is 1570. The van der Waals surface area contributed by atoms with E-state index < -0.39 is 11.8 Å². The number of aromatic nitrogens is 3. The smallest absolute Gasteiger partial charge is 0.335 e. The number of aryl methyl sites for hydroxylation is 1. The number of carbonyl (C=O) groups is 1. The van der Waals surface area contributed by atoms with Crippen LogP contribution in [0.2, 0.25) is 0 Å². The van der Waals surface area contributed by atoms with Crippen molar-refractivity contribution in [2.75, 3.05) is 24.6 Å². The van der Waals surface area contributed by atoms with Crippen molar-refractivity contribution >= 4 is 28.8 Å². The van der Waals surface area contributed by atoms with Crippen molar-refractivity contribution < 1.29 is 19.0 Å². The van der Waals surface area contributed by atoms with Crippen molar-refractivity contribution in [2.45, 2.75) is 52.2 Å². The van der Waals surface area contributed by atoms with E-state index in [0.29, 0.717) is 23.9 Å². The first kappa shape index (κ1) is 32.0. The summed E-state index contributed by atoms with van der Waals surface area (Å²) in [6.45, 7) is 6.50. The lowest BCUT2D eigenvalue weighted by molar-refractivity contribution is 0.0697. The minimum Gasteiger partial charge on any atom is -0.478 e. The highest BCUT2D eigenvalue weighted by Crippen LogP contribution is 2.29. The Morgan fingerprint density at radius 2 is 1.84 bits per heavy atom.